The van der Waals surface area contributed by atoms with Crippen LogP contribution in [-0.4, -0.2) is 36.3 Å². The predicted molar refractivity (Wildman–Crippen MR) is 91.2 cm³/mol. The van der Waals surface area contributed by atoms with Gasteiger partial charge in [-0.1, -0.05) is 24.3 Å². The van der Waals surface area contributed by atoms with Gasteiger partial charge in [0.2, 0.25) is 0 Å². The fraction of sp³-hybridized carbons (Fsp3) is 0.611. The molecule has 0 aromatic heterocycles. The van der Waals surface area contributed by atoms with E-state index in [1.54, 1.807) is 0 Å². The molecular weight excluding hydrogens is 287 g/mol. The second-order valence-corrected chi connectivity index (χ2v) is 7.68. The summed E-state index contributed by atoms with van der Waals surface area (Å²) in [5.74, 6) is 0.194. The average Bonchev–Trinajstić information content (AvgIpc) is 3.02. The zero-order valence-corrected chi connectivity index (χ0v) is 14.5. The van der Waals surface area contributed by atoms with Crippen LogP contribution in [0.15, 0.2) is 24.3 Å². The normalized spacial score (nSPS) is 26.4. The molecule has 2 saturated heterocycles. The van der Waals surface area contributed by atoms with Crippen molar-refractivity contribution in [2.75, 3.05) is 13.1 Å². The van der Waals surface area contributed by atoms with Crippen LogP contribution in [0.4, 0.5) is 0 Å². The van der Waals surface area contributed by atoms with E-state index in [1.807, 2.05) is 0 Å². The standard InChI is InChI=1S/C18H25BN2O2/c1-17(2)18(3,4)23-19(22-17)16-7-5-14(6-8-16)12-21-10-9-15(11-20)13-21/h5-8,15H,9-10,12-13H2,1-4H3. The Balaban J connectivity index is 1.63. The van der Waals surface area contributed by atoms with Crippen molar-refractivity contribution in [3.63, 3.8) is 0 Å². The molecule has 4 nitrogen and oxygen atoms in total. The molecule has 1 unspecified atom stereocenters. The topological polar surface area (TPSA) is 45.5 Å². The van der Waals surface area contributed by atoms with E-state index in [1.165, 1.54) is 5.56 Å². The molecular formula is C18H25BN2O2. The molecule has 0 spiro atoms. The summed E-state index contributed by atoms with van der Waals surface area (Å²) in [5.41, 5.74) is 1.71. The minimum atomic E-state index is -0.307. The van der Waals surface area contributed by atoms with Crippen molar-refractivity contribution in [1.82, 2.24) is 4.90 Å². The van der Waals surface area contributed by atoms with Crippen molar-refractivity contribution < 1.29 is 9.31 Å². The summed E-state index contributed by atoms with van der Waals surface area (Å²) in [7, 11) is -0.302. The third-order valence-electron chi connectivity index (χ3n) is 5.37. The van der Waals surface area contributed by atoms with Gasteiger partial charge in [0.05, 0.1) is 23.2 Å². The maximum atomic E-state index is 8.99. The first-order valence-electron chi connectivity index (χ1n) is 8.37. The van der Waals surface area contributed by atoms with Crippen molar-refractivity contribution in [2.45, 2.75) is 51.9 Å². The van der Waals surface area contributed by atoms with Gasteiger partial charge in [-0.3, -0.25) is 4.90 Å². The van der Waals surface area contributed by atoms with E-state index in [0.29, 0.717) is 0 Å². The molecule has 122 valence electrons. The molecule has 2 aliphatic heterocycles. The van der Waals surface area contributed by atoms with Crippen LogP contribution < -0.4 is 5.46 Å². The highest BCUT2D eigenvalue weighted by atomic mass is 16.7. The predicted octanol–water partition coefficient (Wildman–Crippen LogP) is 2.33. The Morgan fingerprint density at radius 3 is 2.30 bits per heavy atom. The lowest BCUT2D eigenvalue weighted by atomic mass is 9.79. The second-order valence-electron chi connectivity index (χ2n) is 7.68. The van der Waals surface area contributed by atoms with Crippen LogP contribution in [0.2, 0.25) is 0 Å². The van der Waals surface area contributed by atoms with Gasteiger partial charge in [0.15, 0.2) is 0 Å². The van der Waals surface area contributed by atoms with E-state index in [9.17, 15) is 0 Å². The van der Waals surface area contributed by atoms with Crippen LogP contribution in [0.1, 0.15) is 39.7 Å². The molecule has 2 fully saturated rings. The Morgan fingerprint density at radius 1 is 1.17 bits per heavy atom. The summed E-state index contributed by atoms with van der Waals surface area (Å²) >= 11 is 0. The Labute approximate surface area is 139 Å². The van der Waals surface area contributed by atoms with Crippen molar-refractivity contribution in [1.29, 1.82) is 5.26 Å². The molecule has 2 aliphatic rings. The Kier molecular flexibility index (Phi) is 4.26. The molecule has 1 aromatic carbocycles. The summed E-state index contributed by atoms with van der Waals surface area (Å²) in [6, 6.07) is 10.8. The lowest BCUT2D eigenvalue weighted by Crippen LogP contribution is -2.41. The highest BCUT2D eigenvalue weighted by molar-refractivity contribution is 6.62. The molecule has 0 N–H and O–H groups in total. The Hall–Kier alpha value is -1.35. The summed E-state index contributed by atoms with van der Waals surface area (Å²) in [4.78, 5) is 2.34. The number of nitriles is 1. The van der Waals surface area contributed by atoms with Crippen LogP contribution >= 0.6 is 0 Å². The van der Waals surface area contributed by atoms with Gasteiger partial charge < -0.3 is 9.31 Å². The lowest BCUT2D eigenvalue weighted by molar-refractivity contribution is 0.00578. The summed E-state index contributed by atoms with van der Waals surface area (Å²) in [5, 5.41) is 8.99. The smallest absolute Gasteiger partial charge is 0.399 e. The van der Waals surface area contributed by atoms with Gasteiger partial charge in [-0.05, 0) is 51.7 Å². The third kappa shape index (κ3) is 3.30. The number of hydrogen-bond donors (Lipinski definition) is 0. The van der Waals surface area contributed by atoms with Crippen molar-refractivity contribution >= 4 is 12.6 Å². The molecule has 5 heteroatoms. The van der Waals surface area contributed by atoms with E-state index >= 15 is 0 Å². The zero-order chi connectivity index (χ0) is 16.7. The largest absolute Gasteiger partial charge is 0.494 e. The van der Waals surface area contributed by atoms with E-state index < -0.39 is 0 Å². The highest BCUT2D eigenvalue weighted by Crippen LogP contribution is 2.36. The Morgan fingerprint density at radius 2 is 1.78 bits per heavy atom. The van der Waals surface area contributed by atoms with Crippen LogP contribution in [0.3, 0.4) is 0 Å². The molecule has 1 aromatic rings. The van der Waals surface area contributed by atoms with Gasteiger partial charge in [-0.15, -0.1) is 0 Å². The quantitative estimate of drug-likeness (QED) is 0.804. The average molecular weight is 312 g/mol. The summed E-state index contributed by atoms with van der Waals surface area (Å²) in [6.45, 7) is 11.1. The number of likely N-dealkylation sites (tertiary alicyclic amines) is 1. The number of rotatable bonds is 3. The van der Waals surface area contributed by atoms with E-state index in [2.05, 4.69) is 62.9 Å². The van der Waals surface area contributed by atoms with Gasteiger partial charge in [-0.25, -0.2) is 0 Å². The van der Waals surface area contributed by atoms with Gasteiger partial charge >= 0.3 is 7.12 Å². The summed E-state index contributed by atoms with van der Waals surface area (Å²) in [6.07, 6.45) is 0.989. The molecule has 0 radical (unpaired) electrons. The summed E-state index contributed by atoms with van der Waals surface area (Å²) < 4.78 is 12.2. The number of hydrogen-bond acceptors (Lipinski definition) is 4. The third-order valence-corrected chi connectivity index (χ3v) is 5.37. The van der Waals surface area contributed by atoms with Gasteiger partial charge in [0.25, 0.3) is 0 Å². The van der Waals surface area contributed by atoms with E-state index in [4.69, 9.17) is 14.6 Å². The lowest BCUT2D eigenvalue weighted by Gasteiger charge is -2.32. The fourth-order valence-corrected chi connectivity index (χ4v) is 3.10. The van der Waals surface area contributed by atoms with Crippen molar-refractivity contribution in [3.8, 4) is 6.07 Å². The second kappa shape index (κ2) is 5.94. The number of benzene rings is 1. The van der Waals surface area contributed by atoms with E-state index in [0.717, 1.165) is 31.5 Å². The van der Waals surface area contributed by atoms with E-state index in [-0.39, 0.29) is 24.2 Å². The fourth-order valence-electron chi connectivity index (χ4n) is 3.10. The molecule has 2 heterocycles. The molecule has 23 heavy (non-hydrogen) atoms. The maximum absolute atomic E-state index is 8.99. The first-order chi connectivity index (χ1) is 10.8. The van der Waals surface area contributed by atoms with Crippen molar-refractivity contribution in [3.05, 3.63) is 29.8 Å². The highest BCUT2D eigenvalue weighted by Gasteiger charge is 2.51. The van der Waals surface area contributed by atoms with Crippen LogP contribution in [-0.2, 0) is 15.9 Å². The van der Waals surface area contributed by atoms with Crippen LogP contribution in [0.25, 0.3) is 0 Å². The molecule has 0 amide bonds. The van der Waals surface area contributed by atoms with Gasteiger partial charge in [0, 0.05) is 13.1 Å². The first-order valence-corrected chi connectivity index (χ1v) is 8.37. The molecule has 0 aliphatic carbocycles. The zero-order valence-electron chi connectivity index (χ0n) is 14.5. The Bertz CT molecular complexity index is 590. The minimum Gasteiger partial charge on any atom is -0.399 e. The monoisotopic (exact) mass is 312 g/mol. The molecule has 1 atom stereocenters. The maximum Gasteiger partial charge on any atom is 0.494 e. The number of nitrogens with zero attached hydrogens (tertiary/aromatic N) is 2. The van der Waals surface area contributed by atoms with Crippen molar-refractivity contribution in [2.24, 2.45) is 5.92 Å². The molecule has 0 saturated carbocycles. The minimum absolute atomic E-state index is 0.194. The van der Waals surface area contributed by atoms with Crippen LogP contribution in [0.5, 0.6) is 0 Å². The molecule has 3 rings (SSSR count). The van der Waals surface area contributed by atoms with Gasteiger partial charge in [0.1, 0.15) is 0 Å². The SMILES string of the molecule is CC1(C)OB(c2ccc(CN3CCC(C#N)C3)cc2)OC1(C)C. The first kappa shape index (κ1) is 16.5. The van der Waals surface area contributed by atoms with Crippen LogP contribution in [0, 0.1) is 17.2 Å². The molecule has 0 bridgehead atoms. The van der Waals surface area contributed by atoms with Gasteiger partial charge in [-0.2, -0.15) is 5.26 Å².